The molecule has 21 heavy (non-hydrogen) atoms. The average molecular weight is 295 g/mol. The monoisotopic (exact) mass is 295 g/mol. The third-order valence-electron chi connectivity index (χ3n) is 4.24. The van der Waals surface area contributed by atoms with Crippen molar-refractivity contribution < 1.29 is 9.90 Å². The molecular weight excluding hydrogens is 270 g/mol. The highest BCUT2D eigenvalue weighted by Gasteiger charge is 2.36. The number of aliphatic hydroxyl groups is 1. The Morgan fingerprint density at radius 2 is 2.10 bits per heavy atom. The van der Waals surface area contributed by atoms with Crippen LogP contribution in [-0.4, -0.2) is 44.7 Å². The Morgan fingerprint density at radius 1 is 1.43 bits per heavy atom. The molecular formula is C14H25N5O2. The van der Waals surface area contributed by atoms with Gasteiger partial charge in [0.15, 0.2) is 5.69 Å². The molecule has 0 radical (unpaired) electrons. The Morgan fingerprint density at radius 3 is 2.71 bits per heavy atom. The van der Waals surface area contributed by atoms with E-state index in [4.69, 9.17) is 5.73 Å². The molecule has 1 heterocycles. The molecule has 1 aromatic heterocycles. The number of carbonyl (C=O) groups is 1. The van der Waals surface area contributed by atoms with Gasteiger partial charge in [0, 0.05) is 13.1 Å². The van der Waals surface area contributed by atoms with Gasteiger partial charge >= 0.3 is 0 Å². The maximum atomic E-state index is 12.0. The molecule has 0 bridgehead atoms. The van der Waals surface area contributed by atoms with Crippen molar-refractivity contribution in [1.29, 1.82) is 0 Å². The van der Waals surface area contributed by atoms with E-state index in [1.807, 2.05) is 0 Å². The highest BCUT2D eigenvalue weighted by molar-refractivity contribution is 5.91. The molecule has 0 unspecified atom stereocenters. The predicted molar refractivity (Wildman–Crippen MR) is 78.6 cm³/mol. The summed E-state index contributed by atoms with van der Waals surface area (Å²) in [5.41, 5.74) is 5.14. The molecule has 2 rings (SSSR count). The third-order valence-corrected chi connectivity index (χ3v) is 4.24. The summed E-state index contributed by atoms with van der Waals surface area (Å²) in [6, 6.07) is 0. The zero-order valence-corrected chi connectivity index (χ0v) is 12.8. The number of nitrogens with zero attached hydrogens (tertiary/aromatic N) is 3. The molecule has 0 aliphatic heterocycles. The summed E-state index contributed by atoms with van der Waals surface area (Å²) in [5, 5.41) is 20.9. The Bertz CT molecular complexity index is 487. The Balaban J connectivity index is 1.85. The Labute approximate surface area is 124 Å². The van der Waals surface area contributed by atoms with E-state index < -0.39 is 5.60 Å². The lowest BCUT2D eigenvalue weighted by Gasteiger charge is -2.40. The van der Waals surface area contributed by atoms with Gasteiger partial charge in [0.25, 0.3) is 5.91 Å². The van der Waals surface area contributed by atoms with Crippen LogP contribution in [-0.2, 0) is 6.54 Å². The maximum absolute atomic E-state index is 12.0. The van der Waals surface area contributed by atoms with Gasteiger partial charge < -0.3 is 16.2 Å². The third kappa shape index (κ3) is 4.25. The second-order valence-electron chi connectivity index (χ2n) is 6.73. The quantitative estimate of drug-likeness (QED) is 0.724. The molecule has 1 aliphatic carbocycles. The topological polar surface area (TPSA) is 106 Å². The highest BCUT2D eigenvalue weighted by Crippen LogP contribution is 2.39. The van der Waals surface area contributed by atoms with Gasteiger partial charge in [0.05, 0.1) is 18.3 Å². The molecule has 1 saturated carbocycles. The standard InChI is InChI=1S/C14H25N5O2/c1-13(2)3-5-14(21,6-4-13)10-16-12(20)11-9-19(8-7-15)18-17-11/h9,21H,3-8,10,15H2,1-2H3,(H,16,20). The SMILES string of the molecule is CC1(C)CCC(O)(CNC(=O)c2cn(CCN)nn2)CC1. The largest absolute Gasteiger partial charge is 0.388 e. The van der Waals surface area contributed by atoms with Crippen LogP contribution in [0.3, 0.4) is 0 Å². The van der Waals surface area contributed by atoms with E-state index in [-0.39, 0.29) is 23.6 Å². The van der Waals surface area contributed by atoms with E-state index in [0.717, 1.165) is 12.8 Å². The summed E-state index contributed by atoms with van der Waals surface area (Å²) in [6.45, 7) is 5.65. The smallest absolute Gasteiger partial charge is 0.273 e. The van der Waals surface area contributed by atoms with Gasteiger partial charge in [-0.25, -0.2) is 0 Å². The van der Waals surface area contributed by atoms with E-state index in [9.17, 15) is 9.90 Å². The van der Waals surface area contributed by atoms with Crippen LogP contribution in [0.1, 0.15) is 50.0 Å². The summed E-state index contributed by atoms with van der Waals surface area (Å²) in [6.07, 6.45) is 4.91. The maximum Gasteiger partial charge on any atom is 0.273 e. The van der Waals surface area contributed by atoms with Gasteiger partial charge in [-0.3, -0.25) is 9.48 Å². The van der Waals surface area contributed by atoms with Crippen molar-refractivity contribution in [2.75, 3.05) is 13.1 Å². The van der Waals surface area contributed by atoms with Crippen molar-refractivity contribution in [2.24, 2.45) is 11.1 Å². The zero-order valence-electron chi connectivity index (χ0n) is 12.8. The van der Waals surface area contributed by atoms with Crippen LogP contribution in [0.5, 0.6) is 0 Å². The van der Waals surface area contributed by atoms with Crippen molar-refractivity contribution in [3.8, 4) is 0 Å². The molecule has 118 valence electrons. The van der Waals surface area contributed by atoms with E-state index in [2.05, 4.69) is 29.5 Å². The van der Waals surface area contributed by atoms with Gasteiger partial charge in [-0.1, -0.05) is 19.1 Å². The summed E-state index contributed by atoms with van der Waals surface area (Å²) in [5.74, 6) is -0.309. The molecule has 0 saturated heterocycles. The molecule has 7 nitrogen and oxygen atoms in total. The van der Waals surface area contributed by atoms with Crippen LogP contribution in [0.4, 0.5) is 0 Å². The van der Waals surface area contributed by atoms with Crippen LogP contribution in [0.2, 0.25) is 0 Å². The first-order chi connectivity index (χ1) is 9.84. The molecule has 0 spiro atoms. The number of carbonyl (C=O) groups excluding carboxylic acids is 1. The second kappa shape index (κ2) is 6.11. The summed E-state index contributed by atoms with van der Waals surface area (Å²) >= 11 is 0. The first kappa shape index (κ1) is 15.9. The van der Waals surface area contributed by atoms with Gasteiger partial charge in [-0.2, -0.15) is 0 Å². The number of amides is 1. The first-order valence-corrected chi connectivity index (χ1v) is 7.44. The van der Waals surface area contributed by atoms with Crippen LogP contribution < -0.4 is 11.1 Å². The lowest BCUT2D eigenvalue weighted by Crippen LogP contribution is -2.46. The van der Waals surface area contributed by atoms with Crippen LogP contribution in [0.25, 0.3) is 0 Å². The van der Waals surface area contributed by atoms with Gasteiger partial charge in [0.1, 0.15) is 0 Å². The molecule has 4 N–H and O–H groups in total. The molecule has 7 heteroatoms. The molecule has 1 aliphatic rings. The molecule has 1 fully saturated rings. The van der Waals surface area contributed by atoms with E-state index in [1.165, 1.54) is 4.68 Å². The Kier molecular flexibility index (Phi) is 4.63. The molecule has 0 aromatic carbocycles. The van der Waals surface area contributed by atoms with Gasteiger partial charge in [-0.05, 0) is 31.1 Å². The van der Waals surface area contributed by atoms with Crippen LogP contribution in [0, 0.1) is 5.41 Å². The normalized spacial score (nSPS) is 20.2. The van der Waals surface area contributed by atoms with E-state index in [0.29, 0.717) is 25.9 Å². The summed E-state index contributed by atoms with van der Waals surface area (Å²) in [4.78, 5) is 12.0. The minimum absolute atomic E-state index is 0.253. The van der Waals surface area contributed by atoms with Crippen LogP contribution in [0.15, 0.2) is 6.20 Å². The molecule has 1 amide bonds. The molecule has 1 aromatic rings. The number of nitrogens with one attached hydrogen (secondary N) is 1. The summed E-state index contributed by atoms with van der Waals surface area (Å²) in [7, 11) is 0. The number of hydrogen-bond donors (Lipinski definition) is 3. The zero-order chi connectivity index (χ0) is 15.5. The number of aromatic nitrogens is 3. The van der Waals surface area contributed by atoms with Crippen molar-refractivity contribution in [3.05, 3.63) is 11.9 Å². The minimum Gasteiger partial charge on any atom is -0.388 e. The molecule has 0 atom stereocenters. The Hall–Kier alpha value is -1.47. The lowest BCUT2D eigenvalue weighted by molar-refractivity contribution is -0.0233. The second-order valence-corrected chi connectivity index (χ2v) is 6.73. The van der Waals surface area contributed by atoms with E-state index >= 15 is 0 Å². The number of nitrogens with two attached hydrogens (primary N) is 1. The minimum atomic E-state index is -0.807. The van der Waals surface area contributed by atoms with Crippen LogP contribution >= 0.6 is 0 Å². The number of rotatable bonds is 5. The summed E-state index contributed by atoms with van der Waals surface area (Å²) < 4.78 is 1.53. The first-order valence-electron chi connectivity index (χ1n) is 7.44. The van der Waals surface area contributed by atoms with Crippen molar-refractivity contribution in [1.82, 2.24) is 20.3 Å². The predicted octanol–water partition coefficient (Wildman–Crippen LogP) is 0.298. The fourth-order valence-corrected chi connectivity index (χ4v) is 2.55. The lowest BCUT2D eigenvalue weighted by atomic mass is 9.71. The van der Waals surface area contributed by atoms with E-state index in [1.54, 1.807) is 6.20 Å². The van der Waals surface area contributed by atoms with Crippen molar-refractivity contribution >= 4 is 5.91 Å². The fraction of sp³-hybridized carbons (Fsp3) is 0.786. The van der Waals surface area contributed by atoms with Crippen molar-refractivity contribution in [3.63, 3.8) is 0 Å². The van der Waals surface area contributed by atoms with Crippen molar-refractivity contribution in [2.45, 2.75) is 51.7 Å². The van der Waals surface area contributed by atoms with Gasteiger partial charge in [-0.15, -0.1) is 5.10 Å². The fourth-order valence-electron chi connectivity index (χ4n) is 2.55. The highest BCUT2D eigenvalue weighted by atomic mass is 16.3. The van der Waals surface area contributed by atoms with Gasteiger partial charge in [0.2, 0.25) is 0 Å². The average Bonchev–Trinajstić information content (AvgIpc) is 2.90. The number of hydrogen-bond acceptors (Lipinski definition) is 5.